The lowest BCUT2D eigenvalue weighted by atomic mass is 9.99. The molecule has 1 N–H and O–H groups in total. The number of carbonyl (C=O) groups is 2. The van der Waals surface area contributed by atoms with E-state index in [4.69, 9.17) is 9.84 Å². The number of thiophene rings is 1. The molecule has 1 amide bonds. The van der Waals surface area contributed by atoms with E-state index in [2.05, 4.69) is 0 Å². The second-order valence-corrected chi connectivity index (χ2v) is 6.52. The first-order valence-electron chi connectivity index (χ1n) is 6.86. The van der Waals surface area contributed by atoms with Crippen LogP contribution >= 0.6 is 11.3 Å². The van der Waals surface area contributed by atoms with Crippen molar-refractivity contribution in [2.24, 2.45) is 0 Å². The summed E-state index contributed by atoms with van der Waals surface area (Å²) in [6, 6.07) is 3.10. The molecule has 5 nitrogen and oxygen atoms in total. The van der Waals surface area contributed by atoms with Crippen LogP contribution in [0.3, 0.4) is 0 Å². The highest BCUT2D eigenvalue weighted by molar-refractivity contribution is 7.15. The zero-order chi connectivity index (χ0) is 14.2. The van der Waals surface area contributed by atoms with Crippen LogP contribution in [0.5, 0.6) is 0 Å². The lowest BCUT2D eigenvalue weighted by Gasteiger charge is -2.40. The maximum atomic E-state index is 12.5. The first-order chi connectivity index (χ1) is 9.60. The quantitative estimate of drug-likeness (QED) is 0.908. The maximum Gasteiger partial charge on any atom is 0.345 e. The summed E-state index contributed by atoms with van der Waals surface area (Å²) in [5, 5.41) is 8.92. The minimum atomic E-state index is -0.983. The third-order valence-corrected chi connectivity index (χ3v) is 5.14. The molecule has 1 aromatic rings. The fraction of sp³-hybridized carbons (Fsp3) is 0.571. The SMILES string of the molecule is O=C(O)c1ccc(C(=O)N2CCOC3(CCCC3)C2)s1. The summed E-state index contributed by atoms with van der Waals surface area (Å²) in [4.78, 5) is 25.9. The summed E-state index contributed by atoms with van der Waals surface area (Å²) in [5.74, 6) is -1.06. The van der Waals surface area contributed by atoms with Crippen LogP contribution < -0.4 is 0 Å². The highest BCUT2D eigenvalue weighted by atomic mass is 32.1. The van der Waals surface area contributed by atoms with Gasteiger partial charge in [-0.1, -0.05) is 12.8 Å². The van der Waals surface area contributed by atoms with Gasteiger partial charge < -0.3 is 14.7 Å². The summed E-state index contributed by atoms with van der Waals surface area (Å²) >= 11 is 1.04. The summed E-state index contributed by atoms with van der Waals surface area (Å²) in [5.41, 5.74) is -0.152. The Labute approximate surface area is 121 Å². The van der Waals surface area contributed by atoms with Gasteiger partial charge in [0, 0.05) is 6.54 Å². The van der Waals surface area contributed by atoms with Crippen molar-refractivity contribution in [2.45, 2.75) is 31.3 Å². The van der Waals surface area contributed by atoms with Gasteiger partial charge in [-0.05, 0) is 25.0 Å². The van der Waals surface area contributed by atoms with Gasteiger partial charge in [0.25, 0.3) is 5.91 Å². The van der Waals surface area contributed by atoms with Gasteiger partial charge in [-0.15, -0.1) is 11.3 Å². The van der Waals surface area contributed by atoms with Gasteiger partial charge in [0.05, 0.1) is 23.6 Å². The Bertz CT molecular complexity index is 533. The zero-order valence-corrected chi connectivity index (χ0v) is 11.9. The molecule has 1 saturated heterocycles. The molecule has 0 bridgehead atoms. The Balaban J connectivity index is 1.74. The van der Waals surface area contributed by atoms with E-state index in [1.54, 1.807) is 6.07 Å². The van der Waals surface area contributed by atoms with Crippen LogP contribution in [0.2, 0.25) is 0 Å². The third-order valence-electron chi connectivity index (χ3n) is 4.08. The molecule has 1 aliphatic heterocycles. The largest absolute Gasteiger partial charge is 0.477 e. The van der Waals surface area contributed by atoms with Crippen molar-refractivity contribution in [1.82, 2.24) is 4.90 Å². The molecule has 2 aliphatic rings. The number of carboxylic acids is 1. The predicted octanol–water partition coefficient (Wildman–Crippen LogP) is 2.23. The molecule has 1 saturated carbocycles. The molecule has 2 fully saturated rings. The zero-order valence-electron chi connectivity index (χ0n) is 11.1. The van der Waals surface area contributed by atoms with Gasteiger partial charge in [0.1, 0.15) is 4.88 Å². The molecular weight excluding hydrogens is 278 g/mol. The Morgan fingerprint density at radius 1 is 1.25 bits per heavy atom. The minimum Gasteiger partial charge on any atom is -0.477 e. The molecule has 0 unspecified atom stereocenters. The van der Waals surface area contributed by atoms with Crippen molar-refractivity contribution >= 4 is 23.2 Å². The third kappa shape index (κ3) is 2.45. The molecule has 3 rings (SSSR count). The highest BCUT2D eigenvalue weighted by Gasteiger charge is 2.40. The summed E-state index contributed by atoms with van der Waals surface area (Å²) < 4.78 is 5.90. The van der Waals surface area contributed by atoms with E-state index < -0.39 is 5.97 Å². The minimum absolute atomic E-state index is 0.0722. The van der Waals surface area contributed by atoms with Crippen LogP contribution in [-0.4, -0.2) is 47.2 Å². The normalized spacial score (nSPS) is 21.3. The van der Waals surface area contributed by atoms with E-state index in [9.17, 15) is 9.59 Å². The highest BCUT2D eigenvalue weighted by Crippen LogP contribution is 2.36. The van der Waals surface area contributed by atoms with Crippen molar-refractivity contribution in [3.63, 3.8) is 0 Å². The second-order valence-electron chi connectivity index (χ2n) is 5.43. The summed E-state index contributed by atoms with van der Waals surface area (Å²) in [6.45, 7) is 1.79. The molecule has 0 atom stereocenters. The van der Waals surface area contributed by atoms with Crippen LogP contribution in [0.25, 0.3) is 0 Å². The molecule has 1 spiro atoms. The van der Waals surface area contributed by atoms with Crippen molar-refractivity contribution in [3.8, 4) is 0 Å². The van der Waals surface area contributed by atoms with Gasteiger partial charge in [0.2, 0.25) is 0 Å². The van der Waals surface area contributed by atoms with E-state index in [1.807, 2.05) is 4.90 Å². The number of carboxylic acid groups (broad SMARTS) is 1. The van der Waals surface area contributed by atoms with Crippen molar-refractivity contribution < 1.29 is 19.4 Å². The molecule has 108 valence electrons. The Morgan fingerprint density at radius 3 is 2.60 bits per heavy atom. The number of nitrogens with zero attached hydrogens (tertiary/aromatic N) is 1. The van der Waals surface area contributed by atoms with Crippen LogP contribution in [0.4, 0.5) is 0 Å². The number of hydrogen-bond donors (Lipinski definition) is 1. The number of amides is 1. The molecule has 1 aromatic heterocycles. The van der Waals surface area contributed by atoms with Gasteiger partial charge in [-0.2, -0.15) is 0 Å². The molecule has 20 heavy (non-hydrogen) atoms. The number of carbonyl (C=O) groups excluding carboxylic acids is 1. The number of hydrogen-bond acceptors (Lipinski definition) is 4. The molecule has 0 aromatic carbocycles. The molecule has 2 heterocycles. The van der Waals surface area contributed by atoms with Gasteiger partial charge in [-0.3, -0.25) is 4.79 Å². The maximum absolute atomic E-state index is 12.5. The van der Waals surface area contributed by atoms with Crippen molar-refractivity contribution in [2.75, 3.05) is 19.7 Å². The van der Waals surface area contributed by atoms with Crippen LogP contribution in [0, 0.1) is 0 Å². The average molecular weight is 295 g/mol. The summed E-state index contributed by atoms with van der Waals surface area (Å²) in [7, 11) is 0. The predicted molar refractivity (Wildman–Crippen MR) is 74.3 cm³/mol. The number of ether oxygens (including phenoxy) is 1. The molecular formula is C14H17NO4S. The Morgan fingerprint density at radius 2 is 1.95 bits per heavy atom. The number of morpholine rings is 1. The van der Waals surface area contributed by atoms with E-state index in [-0.39, 0.29) is 16.4 Å². The first kappa shape index (κ1) is 13.6. The van der Waals surface area contributed by atoms with E-state index >= 15 is 0 Å². The van der Waals surface area contributed by atoms with Gasteiger partial charge in [0.15, 0.2) is 0 Å². The number of rotatable bonds is 2. The molecule has 0 radical (unpaired) electrons. The Hall–Kier alpha value is -1.40. The topological polar surface area (TPSA) is 66.8 Å². The smallest absolute Gasteiger partial charge is 0.345 e. The summed E-state index contributed by atoms with van der Waals surface area (Å²) in [6.07, 6.45) is 4.34. The molecule has 1 aliphatic carbocycles. The fourth-order valence-electron chi connectivity index (χ4n) is 3.06. The Kier molecular flexibility index (Phi) is 3.52. The van der Waals surface area contributed by atoms with Crippen LogP contribution in [0.15, 0.2) is 12.1 Å². The van der Waals surface area contributed by atoms with Crippen molar-refractivity contribution in [3.05, 3.63) is 21.9 Å². The first-order valence-corrected chi connectivity index (χ1v) is 7.68. The monoisotopic (exact) mass is 295 g/mol. The fourth-order valence-corrected chi connectivity index (χ4v) is 3.88. The van der Waals surface area contributed by atoms with Crippen molar-refractivity contribution in [1.29, 1.82) is 0 Å². The van der Waals surface area contributed by atoms with Crippen LogP contribution in [-0.2, 0) is 4.74 Å². The van der Waals surface area contributed by atoms with E-state index in [0.717, 1.165) is 37.0 Å². The average Bonchev–Trinajstić information content (AvgIpc) is 3.08. The molecule has 6 heteroatoms. The van der Waals surface area contributed by atoms with Crippen LogP contribution in [0.1, 0.15) is 45.0 Å². The second kappa shape index (κ2) is 5.18. The number of aromatic carboxylic acids is 1. The standard InChI is InChI=1S/C14H17NO4S/c16-12(10-3-4-11(20-10)13(17)18)15-7-8-19-14(9-15)5-1-2-6-14/h3-4H,1-2,5-9H2,(H,17,18). The lowest BCUT2D eigenvalue weighted by Crippen LogP contribution is -2.52. The van der Waals surface area contributed by atoms with E-state index in [0.29, 0.717) is 24.6 Å². The lowest BCUT2D eigenvalue weighted by molar-refractivity contribution is -0.0947. The van der Waals surface area contributed by atoms with Gasteiger partial charge >= 0.3 is 5.97 Å². The van der Waals surface area contributed by atoms with Gasteiger partial charge in [-0.25, -0.2) is 4.79 Å². The van der Waals surface area contributed by atoms with E-state index in [1.165, 1.54) is 6.07 Å².